The Hall–Kier alpha value is -0.930. The van der Waals surface area contributed by atoms with Crippen LogP contribution in [0.2, 0.25) is 0 Å². The SMILES string of the molecule is Cc1ccc(C(O)N(C)C)nc1. The molecule has 0 amide bonds. The molecule has 1 aromatic rings. The summed E-state index contributed by atoms with van der Waals surface area (Å²) in [4.78, 5) is 5.81. The zero-order valence-corrected chi connectivity index (χ0v) is 7.65. The van der Waals surface area contributed by atoms with Gasteiger partial charge in [0.05, 0.1) is 5.69 Å². The van der Waals surface area contributed by atoms with Gasteiger partial charge >= 0.3 is 0 Å². The molecule has 0 aliphatic heterocycles. The molecule has 0 aliphatic carbocycles. The molecule has 1 atom stereocenters. The van der Waals surface area contributed by atoms with E-state index in [1.54, 1.807) is 11.1 Å². The van der Waals surface area contributed by atoms with Crippen LogP contribution in [0.4, 0.5) is 0 Å². The van der Waals surface area contributed by atoms with E-state index in [1.165, 1.54) is 0 Å². The molecule has 0 saturated heterocycles. The summed E-state index contributed by atoms with van der Waals surface area (Å²) in [6.45, 7) is 1.97. The van der Waals surface area contributed by atoms with Crippen LogP contribution in [0.3, 0.4) is 0 Å². The molecule has 1 N–H and O–H groups in total. The second-order valence-corrected chi connectivity index (χ2v) is 3.10. The summed E-state index contributed by atoms with van der Waals surface area (Å²) >= 11 is 0. The molecule has 0 aliphatic rings. The zero-order valence-electron chi connectivity index (χ0n) is 7.65. The van der Waals surface area contributed by atoms with E-state index in [2.05, 4.69) is 4.98 Å². The van der Waals surface area contributed by atoms with Gasteiger partial charge < -0.3 is 5.11 Å². The first-order valence-corrected chi connectivity index (χ1v) is 3.88. The molecule has 1 heterocycles. The minimum Gasteiger partial charge on any atom is -0.372 e. The number of rotatable bonds is 2. The molecule has 0 radical (unpaired) electrons. The van der Waals surface area contributed by atoms with Crippen molar-refractivity contribution in [2.75, 3.05) is 14.1 Å². The first-order valence-electron chi connectivity index (χ1n) is 3.88. The quantitative estimate of drug-likeness (QED) is 0.664. The van der Waals surface area contributed by atoms with Crippen LogP contribution in [0.15, 0.2) is 18.3 Å². The molecule has 66 valence electrons. The van der Waals surface area contributed by atoms with Crippen molar-refractivity contribution >= 4 is 0 Å². The number of pyridine rings is 1. The topological polar surface area (TPSA) is 36.4 Å². The van der Waals surface area contributed by atoms with E-state index in [0.717, 1.165) is 5.56 Å². The molecule has 0 bridgehead atoms. The average Bonchev–Trinajstić information content (AvgIpc) is 2.04. The number of aryl methyl sites for hydroxylation is 1. The number of aromatic nitrogens is 1. The van der Waals surface area contributed by atoms with Gasteiger partial charge in [-0.2, -0.15) is 0 Å². The largest absolute Gasteiger partial charge is 0.372 e. The summed E-state index contributed by atoms with van der Waals surface area (Å²) < 4.78 is 0. The van der Waals surface area contributed by atoms with E-state index in [-0.39, 0.29) is 0 Å². The molecule has 0 fully saturated rings. The summed E-state index contributed by atoms with van der Waals surface area (Å²) in [7, 11) is 3.62. The minimum absolute atomic E-state index is 0.606. The van der Waals surface area contributed by atoms with Gasteiger partial charge in [-0.3, -0.25) is 9.88 Å². The molecule has 0 saturated carbocycles. The van der Waals surface area contributed by atoms with Crippen molar-refractivity contribution < 1.29 is 5.11 Å². The molecule has 3 heteroatoms. The van der Waals surface area contributed by atoms with Gasteiger partial charge in [-0.15, -0.1) is 0 Å². The Bertz CT molecular complexity index is 243. The number of nitrogens with zero attached hydrogens (tertiary/aromatic N) is 2. The fraction of sp³-hybridized carbons (Fsp3) is 0.444. The highest BCUT2D eigenvalue weighted by Gasteiger charge is 2.09. The van der Waals surface area contributed by atoms with Crippen molar-refractivity contribution in [3.63, 3.8) is 0 Å². The highest BCUT2D eigenvalue weighted by molar-refractivity contribution is 5.13. The minimum atomic E-state index is -0.606. The van der Waals surface area contributed by atoms with E-state index in [1.807, 2.05) is 33.2 Å². The fourth-order valence-corrected chi connectivity index (χ4v) is 0.897. The van der Waals surface area contributed by atoms with Gasteiger partial charge in [0, 0.05) is 6.20 Å². The number of hydrogen-bond acceptors (Lipinski definition) is 3. The maximum absolute atomic E-state index is 9.55. The van der Waals surface area contributed by atoms with Gasteiger partial charge in [0.15, 0.2) is 0 Å². The van der Waals surface area contributed by atoms with E-state index >= 15 is 0 Å². The summed E-state index contributed by atoms with van der Waals surface area (Å²) in [5.41, 5.74) is 1.79. The lowest BCUT2D eigenvalue weighted by Crippen LogP contribution is -2.20. The maximum atomic E-state index is 9.55. The van der Waals surface area contributed by atoms with Crippen molar-refractivity contribution in [3.8, 4) is 0 Å². The van der Waals surface area contributed by atoms with Crippen molar-refractivity contribution in [3.05, 3.63) is 29.6 Å². The summed E-state index contributed by atoms with van der Waals surface area (Å²) in [5, 5.41) is 9.55. The van der Waals surface area contributed by atoms with Gasteiger partial charge in [-0.1, -0.05) is 6.07 Å². The molecular formula is C9H14N2O. The predicted octanol–water partition coefficient (Wildman–Crippen LogP) is 0.943. The normalized spacial score (nSPS) is 13.4. The fourth-order valence-electron chi connectivity index (χ4n) is 0.897. The van der Waals surface area contributed by atoms with Crippen molar-refractivity contribution in [1.82, 2.24) is 9.88 Å². The third-order valence-electron chi connectivity index (χ3n) is 1.69. The third kappa shape index (κ3) is 2.03. The Kier molecular flexibility index (Phi) is 2.78. The van der Waals surface area contributed by atoms with Crippen LogP contribution in [-0.4, -0.2) is 29.1 Å². The number of aliphatic hydroxyl groups excluding tert-OH is 1. The average molecular weight is 166 g/mol. The van der Waals surface area contributed by atoms with E-state index < -0.39 is 6.23 Å². The lowest BCUT2D eigenvalue weighted by molar-refractivity contribution is 0.0358. The number of hydrogen-bond donors (Lipinski definition) is 1. The Labute approximate surface area is 72.7 Å². The van der Waals surface area contributed by atoms with Crippen LogP contribution in [0.1, 0.15) is 17.5 Å². The van der Waals surface area contributed by atoms with Gasteiger partial charge in [0.25, 0.3) is 0 Å². The smallest absolute Gasteiger partial charge is 0.150 e. The van der Waals surface area contributed by atoms with Gasteiger partial charge in [0.1, 0.15) is 6.23 Å². The van der Waals surface area contributed by atoms with Crippen LogP contribution in [0.25, 0.3) is 0 Å². The molecule has 12 heavy (non-hydrogen) atoms. The third-order valence-corrected chi connectivity index (χ3v) is 1.69. The molecule has 0 spiro atoms. The summed E-state index contributed by atoms with van der Waals surface area (Å²) in [5.74, 6) is 0. The highest BCUT2D eigenvalue weighted by Crippen LogP contribution is 2.11. The van der Waals surface area contributed by atoms with Crippen LogP contribution < -0.4 is 0 Å². The Balaban J connectivity index is 2.82. The van der Waals surface area contributed by atoms with E-state index in [0.29, 0.717) is 5.69 Å². The van der Waals surface area contributed by atoms with Gasteiger partial charge in [0.2, 0.25) is 0 Å². The van der Waals surface area contributed by atoms with E-state index in [4.69, 9.17) is 0 Å². The van der Waals surface area contributed by atoms with Crippen LogP contribution in [-0.2, 0) is 0 Å². The Morgan fingerprint density at radius 1 is 1.42 bits per heavy atom. The van der Waals surface area contributed by atoms with Crippen LogP contribution in [0.5, 0.6) is 0 Å². The molecular weight excluding hydrogens is 152 g/mol. The molecule has 1 unspecified atom stereocenters. The first kappa shape index (κ1) is 9.16. The van der Waals surface area contributed by atoms with Crippen molar-refractivity contribution in [2.24, 2.45) is 0 Å². The van der Waals surface area contributed by atoms with Gasteiger partial charge in [-0.25, -0.2) is 0 Å². The van der Waals surface area contributed by atoms with Crippen LogP contribution in [0, 0.1) is 6.92 Å². The lowest BCUT2D eigenvalue weighted by atomic mass is 10.2. The lowest BCUT2D eigenvalue weighted by Gasteiger charge is -2.17. The first-order chi connectivity index (χ1) is 5.61. The molecule has 1 aromatic heterocycles. The van der Waals surface area contributed by atoms with Gasteiger partial charge in [-0.05, 0) is 32.6 Å². The second kappa shape index (κ2) is 3.65. The molecule has 3 nitrogen and oxygen atoms in total. The monoisotopic (exact) mass is 166 g/mol. The van der Waals surface area contributed by atoms with E-state index in [9.17, 15) is 5.11 Å². The molecule has 1 rings (SSSR count). The second-order valence-electron chi connectivity index (χ2n) is 3.10. The summed E-state index contributed by atoms with van der Waals surface area (Å²) in [6, 6.07) is 3.77. The standard InChI is InChI=1S/C9H14N2O/c1-7-4-5-8(10-6-7)9(12)11(2)3/h4-6,9,12H,1-3H3. The van der Waals surface area contributed by atoms with Crippen molar-refractivity contribution in [2.45, 2.75) is 13.2 Å². The highest BCUT2D eigenvalue weighted by atomic mass is 16.3. The number of aliphatic hydroxyl groups is 1. The van der Waals surface area contributed by atoms with Crippen molar-refractivity contribution in [1.29, 1.82) is 0 Å². The Morgan fingerprint density at radius 2 is 2.08 bits per heavy atom. The maximum Gasteiger partial charge on any atom is 0.150 e. The summed E-state index contributed by atoms with van der Waals surface area (Å²) in [6.07, 6.45) is 1.15. The Morgan fingerprint density at radius 3 is 2.50 bits per heavy atom. The zero-order chi connectivity index (χ0) is 9.14. The van der Waals surface area contributed by atoms with Crippen LogP contribution >= 0.6 is 0 Å². The predicted molar refractivity (Wildman–Crippen MR) is 47.6 cm³/mol. The molecule has 0 aromatic carbocycles.